The van der Waals surface area contributed by atoms with E-state index in [1.807, 2.05) is 49.1 Å². The van der Waals surface area contributed by atoms with Crippen molar-refractivity contribution in [1.82, 2.24) is 20.2 Å². The van der Waals surface area contributed by atoms with Gasteiger partial charge in [0.1, 0.15) is 11.0 Å². The van der Waals surface area contributed by atoms with Crippen LogP contribution in [-0.4, -0.2) is 64.8 Å². The highest BCUT2D eigenvalue weighted by atomic mass is 35.5. The van der Waals surface area contributed by atoms with Gasteiger partial charge in [0.2, 0.25) is 5.91 Å². The van der Waals surface area contributed by atoms with E-state index < -0.39 is 0 Å². The Kier molecular flexibility index (Phi) is 10.2. The Bertz CT molecular complexity index is 1340. The number of carbonyl (C=O) groups is 2. The zero-order chi connectivity index (χ0) is 27.9. The Labute approximate surface area is 247 Å². The van der Waals surface area contributed by atoms with E-state index in [1.54, 1.807) is 18.2 Å². The molecule has 1 aliphatic heterocycles. The number of anilines is 2. The Morgan fingerprint density at radius 1 is 1.08 bits per heavy atom. The highest BCUT2D eigenvalue weighted by Gasteiger charge is 2.28. The average molecular weight is 608 g/mol. The van der Waals surface area contributed by atoms with Gasteiger partial charge in [-0.1, -0.05) is 64.8 Å². The maximum atomic E-state index is 12.9. The number of nitrogens with zero attached hydrogens (tertiary/aromatic N) is 4. The number of urea groups is 1. The zero-order valence-corrected chi connectivity index (χ0v) is 24.7. The molecule has 0 bridgehead atoms. The van der Waals surface area contributed by atoms with E-state index in [0.717, 1.165) is 16.8 Å². The van der Waals surface area contributed by atoms with E-state index in [0.29, 0.717) is 58.8 Å². The van der Waals surface area contributed by atoms with Crippen LogP contribution in [0.2, 0.25) is 15.2 Å². The molecule has 1 unspecified atom stereocenters. The molecule has 1 aliphatic rings. The molecule has 2 N–H and O–H groups in total. The molecule has 1 saturated heterocycles. The normalized spacial score (nSPS) is 15.3. The third kappa shape index (κ3) is 8.38. The van der Waals surface area contributed by atoms with Gasteiger partial charge >= 0.3 is 6.03 Å². The van der Waals surface area contributed by atoms with Crippen LogP contribution in [0.15, 0.2) is 53.7 Å². The predicted octanol–water partition coefficient (Wildman–Crippen LogP) is 5.94. The summed E-state index contributed by atoms with van der Waals surface area (Å²) in [5.41, 5.74) is 2.77. The molecule has 39 heavy (non-hydrogen) atoms. The third-order valence-electron chi connectivity index (χ3n) is 6.21. The van der Waals surface area contributed by atoms with Gasteiger partial charge in [0.05, 0.1) is 5.75 Å². The van der Waals surface area contributed by atoms with Gasteiger partial charge in [-0.25, -0.2) is 14.8 Å². The fourth-order valence-electron chi connectivity index (χ4n) is 4.24. The summed E-state index contributed by atoms with van der Waals surface area (Å²) >= 11 is 19.6. The number of amides is 3. The number of carbonyl (C=O) groups excluding carboxylic acids is 2. The number of benzene rings is 2. The minimum atomic E-state index is -0.142. The van der Waals surface area contributed by atoms with Gasteiger partial charge in [-0.15, -0.1) is 0 Å². The van der Waals surface area contributed by atoms with Gasteiger partial charge in [0.15, 0.2) is 5.16 Å². The zero-order valence-electron chi connectivity index (χ0n) is 21.6. The van der Waals surface area contributed by atoms with Gasteiger partial charge in [-0.2, -0.15) is 0 Å². The lowest BCUT2D eigenvalue weighted by Gasteiger charge is -2.40. The maximum absolute atomic E-state index is 12.9. The first-order valence-corrected chi connectivity index (χ1v) is 14.6. The molecule has 8 nitrogen and oxygen atoms in total. The van der Waals surface area contributed by atoms with Crippen molar-refractivity contribution in [3.63, 3.8) is 0 Å². The summed E-state index contributed by atoms with van der Waals surface area (Å²) < 4.78 is 0. The molecule has 12 heteroatoms. The van der Waals surface area contributed by atoms with Crippen LogP contribution in [-0.2, 0) is 11.2 Å². The fourth-order valence-corrected chi connectivity index (χ4v) is 5.65. The minimum Gasteiger partial charge on any atom is -0.355 e. The molecule has 0 spiro atoms. The highest BCUT2D eigenvalue weighted by molar-refractivity contribution is 7.99. The Morgan fingerprint density at radius 2 is 1.90 bits per heavy atom. The first kappa shape index (κ1) is 29.3. The lowest BCUT2D eigenvalue weighted by Crippen LogP contribution is -2.55. The van der Waals surface area contributed by atoms with Gasteiger partial charge in [-0.05, 0) is 55.7 Å². The largest absolute Gasteiger partial charge is 0.355 e. The molecule has 0 aliphatic carbocycles. The summed E-state index contributed by atoms with van der Waals surface area (Å²) in [4.78, 5) is 38.0. The second-order valence-corrected chi connectivity index (χ2v) is 11.4. The second-order valence-electron chi connectivity index (χ2n) is 9.24. The van der Waals surface area contributed by atoms with Crippen molar-refractivity contribution < 1.29 is 9.59 Å². The fraction of sp³-hybridized carbons (Fsp3) is 0.333. The monoisotopic (exact) mass is 606 g/mol. The van der Waals surface area contributed by atoms with Crippen molar-refractivity contribution in [3.8, 4) is 0 Å². The van der Waals surface area contributed by atoms with E-state index in [9.17, 15) is 9.59 Å². The number of halogens is 3. The number of rotatable bonds is 8. The molecule has 1 fully saturated rings. The molecule has 4 rings (SSSR count). The maximum Gasteiger partial charge on any atom is 0.322 e. The van der Waals surface area contributed by atoms with Crippen molar-refractivity contribution in [2.45, 2.75) is 31.5 Å². The van der Waals surface area contributed by atoms with Crippen LogP contribution in [0.25, 0.3) is 0 Å². The summed E-state index contributed by atoms with van der Waals surface area (Å²) in [6.45, 7) is 6.15. The van der Waals surface area contributed by atoms with E-state index in [-0.39, 0.29) is 23.7 Å². The average Bonchev–Trinajstić information content (AvgIpc) is 2.88. The SMILES string of the molecule is Cc1cccc(NC(=O)N2CCN(c3cc(Cl)nc(SCC(=O)NCCc4ccc(Cl)cc4Cl)n3)CC2C)c1. The van der Waals surface area contributed by atoms with Crippen LogP contribution < -0.4 is 15.5 Å². The number of thioether (sulfide) groups is 1. The van der Waals surface area contributed by atoms with Crippen molar-refractivity contribution in [1.29, 1.82) is 0 Å². The second kappa shape index (κ2) is 13.6. The van der Waals surface area contributed by atoms with E-state index in [4.69, 9.17) is 34.8 Å². The van der Waals surface area contributed by atoms with Crippen molar-refractivity contribution in [3.05, 3.63) is 74.9 Å². The Hall–Kier alpha value is -2.72. The molecule has 2 aromatic carbocycles. The molecule has 3 amide bonds. The van der Waals surface area contributed by atoms with Gasteiger partial charge in [-0.3, -0.25) is 4.79 Å². The van der Waals surface area contributed by atoms with Gasteiger partial charge < -0.3 is 20.4 Å². The summed E-state index contributed by atoms with van der Waals surface area (Å²) in [5.74, 6) is 0.676. The van der Waals surface area contributed by atoms with Crippen LogP contribution in [0.4, 0.5) is 16.3 Å². The molecule has 0 radical (unpaired) electrons. The van der Waals surface area contributed by atoms with Gasteiger partial charge in [0, 0.05) is 54.0 Å². The number of piperazine rings is 1. The van der Waals surface area contributed by atoms with Crippen LogP contribution in [0, 0.1) is 6.92 Å². The standard InChI is InChI=1S/C27H29Cl3N6O2S/c1-17-4-3-5-21(12-17)32-27(38)36-11-10-35(15-18(36)2)24-14-23(30)33-26(34-24)39-16-25(37)31-9-8-19-6-7-20(28)13-22(19)29/h3-7,12-14,18H,8-11,15-16H2,1-2H3,(H,31,37)(H,32,38). The van der Waals surface area contributed by atoms with Crippen LogP contribution in [0.5, 0.6) is 0 Å². The van der Waals surface area contributed by atoms with E-state index >= 15 is 0 Å². The third-order valence-corrected chi connectivity index (χ3v) is 7.83. The summed E-state index contributed by atoms with van der Waals surface area (Å²) in [5, 5.41) is 7.73. The minimum absolute atomic E-state index is 0.0478. The molecule has 2 heterocycles. The molecule has 1 aromatic heterocycles. The smallest absolute Gasteiger partial charge is 0.322 e. The van der Waals surface area contributed by atoms with Crippen LogP contribution >= 0.6 is 46.6 Å². The van der Waals surface area contributed by atoms with Gasteiger partial charge in [0.25, 0.3) is 0 Å². The Balaban J connectivity index is 1.28. The van der Waals surface area contributed by atoms with Crippen LogP contribution in [0.3, 0.4) is 0 Å². The summed E-state index contributed by atoms with van der Waals surface area (Å²) in [6.07, 6.45) is 0.595. The molecular formula is C27H29Cl3N6O2S. The molecule has 3 aromatic rings. The number of hydrogen-bond donors (Lipinski definition) is 2. The van der Waals surface area contributed by atoms with Crippen molar-refractivity contribution in [2.75, 3.05) is 42.1 Å². The molecular weight excluding hydrogens is 579 g/mol. The first-order valence-electron chi connectivity index (χ1n) is 12.4. The lowest BCUT2D eigenvalue weighted by molar-refractivity contribution is -0.118. The number of hydrogen-bond acceptors (Lipinski definition) is 6. The topological polar surface area (TPSA) is 90.5 Å². The number of aromatic nitrogens is 2. The quantitative estimate of drug-likeness (QED) is 0.187. The van der Waals surface area contributed by atoms with E-state index in [2.05, 4.69) is 25.5 Å². The molecule has 206 valence electrons. The molecule has 0 saturated carbocycles. The summed E-state index contributed by atoms with van der Waals surface area (Å²) in [6, 6.07) is 14.6. The lowest BCUT2D eigenvalue weighted by atomic mass is 10.1. The molecule has 1 atom stereocenters. The van der Waals surface area contributed by atoms with Crippen LogP contribution in [0.1, 0.15) is 18.1 Å². The van der Waals surface area contributed by atoms with Crippen molar-refractivity contribution in [2.24, 2.45) is 0 Å². The first-order chi connectivity index (χ1) is 18.7. The predicted molar refractivity (Wildman–Crippen MR) is 160 cm³/mol. The van der Waals surface area contributed by atoms with E-state index in [1.165, 1.54) is 11.8 Å². The Morgan fingerprint density at radius 3 is 2.64 bits per heavy atom. The highest BCUT2D eigenvalue weighted by Crippen LogP contribution is 2.25. The number of nitrogens with one attached hydrogen (secondary N) is 2. The van der Waals surface area contributed by atoms with Crippen molar-refractivity contribution >= 4 is 70.0 Å². The number of aryl methyl sites for hydroxylation is 1. The summed E-state index contributed by atoms with van der Waals surface area (Å²) in [7, 11) is 0.